The first kappa shape index (κ1) is 7.60. The number of fused-ring (bicyclic) bond motifs is 1. The van der Waals surface area contributed by atoms with Gasteiger partial charge in [-0.2, -0.15) is 0 Å². The summed E-state index contributed by atoms with van der Waals surface area (Å²) in [5.74, 6) is 0.614. The first-order valence-electron chi connectivity index (χ1n) is 4.52. The van der Waals surface area contributed by atoms with E-state index in [1.807, 2.05) is 0 Å². The van der Waals surface area contributed by atoms with E-state index in [9.17, 15) is 0 Å². The molecule has 0 spiro atoms. The van der Waals surface area contributed by atoms with Crippen LogP contribution in [0.2, 0.25) is 0 Å². The standard InChI is InChI=1S/C12H14/c1-9-3-5-11-6-4-10(2)8-12(11)7-9/h3-7,9H,8H2,1-2H3. The average molecular weight is 158 g/mol. The highest BCUT2D eigenvalue weighted by atomic mass is 14.2. The molecule has 0 saturated heterocycles. The van der Waals surface area contributed by atoms with Gasteiger partial charge in [0.2, 0.25) is 0 Å². The second kappa shape index (κ2) is 2.78. The molecule has 0 heterocycles. The Balaban J connectivity index is 2.36. The summed E-state index contributed by atoms with van der Waals surface area (Å²) >= 11 is 0. The first-order chi connectivity index (χ1) is 5.75. The quantitative estimate of drug-likeness (QED) is 0.507. The molecule has 0 nitrogen and oxygen atoms in total. The largest absolute Gasteiger partial charge is 0.0773 e. The van der Waals surface area contributed by atoms with Gasteiger partial charge in [-0.15, -0.1) is 0 Å². The molecular weight excluding hydrogens is 144 g/mol. The maximum atomic E-state index is 2.36. The molecule has 62 valence electrons. The van der Waals surface area contributed by atoms with Crippen molar-refractivity contribution in [2.75, 3.05) is 0 Å². The van der Waals surface area contributed by atoms with Gasteiger partial charge in [0.15, 0.2) is 0 Å². The van der Waals surface area contributed by atoms with Gasteiger partial charge >= 0.3 is 0 Å². The Bertz CT molecular complexity index is 311. The summed E-state index contributed by atoms with van der Waals surface area (Å²) in [6.07, 6.45) is 12.4. The molecule has 0 aromatic carbocycles. The molecule has 0 N–H and O–H groups in total. The smallest absolute Gasteiger partial charge is 0.00638 e. The molecule has 2 aliphatic rings. The zero-order chi connectivity index (χ0) is 8.55. The summed E-state index contributed by atoms with van der Waals surface area (Å²) in [5, 5.41) is 0. The topological polar surface area (TPSA) is 0 Å². The van der Waals surface area contributed by atoms with Gasteiger partial charge in [0.25, 0.3) is 0 Å². The molecule has 1 unspecified atom stereocenters. The van der Waals surface area contributed by atoms with Gasteiger partial charge in [0.05, 0.1) is 0 Å². The lowest BCUT2D eigenvalue weighted by Gasteiger charge is -2.19. The van der Waals surface area contributed by atoms with E-state index >= 15 is 0 Å². The fourth-order valence-electron chi connectivity index (χ4n) is 1.75. The normalized spacial score (nSPS) is 27.2. The number of hydrogen-bond acceptors (Lipinski definition) is 0. The molecule has 0 aromatic heterocycles. The summed E-state index contributed by atoms with van der Waals surface area (Å²) in [4.78, 5) is 0. The Morgan fingerprint density at radius 2 is 2.17 bits per heavy atom. The van der Waals surface area contributed by atoms with Crippen molar-refractivity contribution in [2.24, 2.45) is 5.92 Å². The van der Waals surface area contributed by atoms with Crippen molar-refractivity contribution in [3.8, 4) is 0 Å². The van der Waals surface area contributed by atoms with E-state index in [2.05, 4.69) is 44.2 Å². The molecule has 0 heteroatoms. The monoisotopic (exact) mass is 158 g/mol. The lowest BCUT2D eigenvalue weighted by molar-refractivity contribution is 0.895. The van der Waals surface area contributed by atoms with Gasteiger partial charge < -0.3 is 0 Å². The van der Waals surface area contributed by atoms with E-state index in [1.165, 1.54) is 16.7 Å². The lowest BCUT2D eigenvalue weighted by Crippen LogP contribution is -2.01. The molecular formula is C12H14. The predicted octanol–water partition coefficient (Wildman–Crippen LogP) is 3.40. The fraction of sp³-hybridized carbons (Fsp3) is 0.333. The molecule has 0 fully saturated rings. The second-order valence-electron chi connectivity index (χ2n) is 3.72. The minimum Gasteiger partial charge on any atom is -0.0773 e. The van der Waals surface area contributed by atoms with Crippen molar-refractivity contribution >= 4 is 0 Å². The molecule has 0 aromatic rings. The van der Waals surface area contributed by atoms with Crippen LogP contribution in [-0.4, -0.2) is 0 Å². The molecule has 12 heavy (non-hydrogen) atoms. The van der Waals surface area contributed by atoms with Crippen LogP contribution in [0.5, 0.6) is 0 Å². The minimum atomic E-state index is 0.614. The van der Waals surface area contributed by atoms with E-state index in [1.54, 1.807) is 0 Å². The van der Waals surface area contributed by atoms with Gasteiger partial charge in [-0.25, -0.2) is 0 Å². The van der Waals surface area contributed by atoms with Crippen LogP contribution in [-0.2, 0) is 0 Å². The summed E-state index contributed by atoms with van der Waals surface area (Å²) in [5.41, 5.74) is 4.37. The van der Waals surface area contributed by atoms with Crippen molar-refractivity contribution in [1.29, 1.82) is 0 Å². The third-order valence-corrected chi connectivity index (χ3v) is 2.43. The third-order valence-electron chi connectivity index (χ3n) is 2.43. The van der Waals surface area contributed by atoms with Crippen LogP contribution < -0.4 is 0 Å². The van der Waals surface area contributed by atoms with E-state index in [0.717, 1.165) is 6.42 Å². The van der Waals surface area contributed by atoms with Crippen molar-refractivity contribution in [3.05, 3.63) is 47.1 Å². The predicted molar refractivity (Wildman–Crippen MR) is 52.8 cm³/mol. The highest BCUT2D eigenvalue weighted by Gasteiger charge is 2.11. The summed E-state index contributed by atoms with van der Waals surface area (Å²) in [7, 11) is 0. The van der Waals surface area contributed by atoms with Crippen LogP contribution in [0, 0.1) is 5.92 Å². The van der Waals surface area contributed by atoms with Crippen molar-refractivity contribution < 1.29 is 0 Å². The minimum absolute atomic E-state index is 0.614. The van der Waals surface area contributed by atoms with Gasteiger partial charge in [-0.1, -0.05) is 42.9 Å². The van der Waals surface area contributed by atoms with Crippen LogP contribution in [0.4, 0.5) is 0 Å². The Labute approximate surface area is 74.0 Å². The van der Waals surface area contributed by atoms with Crippen molar-refractivity contribution in [3.63, 3.8) is 0 Å². The van der Waals surface area contributed by atoms with Crippen LogP contribution in [0.25, 0.3) is 0 Å². The van der Waals surface area contributed by atoms with Gasteiger partial charge in [0, 0.05) is 0 Å². The zero-order valence-electron chi connectivity index (χ0n) is 7.67. The summed E-state index contributed by atoms with van der Waals surface area (Å²) in [6.45, 7) is 4.42. The maximum absolute atomic E-state index is 2.36. The van der Waals surface area contributed by atoms with E-state index in [-0.39, 0.29) is 0 Å². The van der Waals surface area contributed by atoms with Crippen LogP contribution in [0.3, 0.4) is 0 Å². The third kappa shape index (κ3) is 1.29. The second-order valence-corrected chi connectivity index (χ2v) is 3.72. The number of hydrogen-bond donors (Lipinski definition) is 0. The first-order valence-corrected chi connectivity index (χ1v) is 4.52. The van der Waals surface area contributed by atoms with Gasteiger partial charge in [-0.3, -0.25) is 0 Å². The number of allylic oxidation sites excluding steroid dienone is 8. The molecule has 1 atom stereocenters. The molecule has 2 rings (SSSR count). The Kier molecular flexibility index (Phi) is 1.76. The Hall–Kier alpha value is -1.04. The molecule has 0 amide bonds. The van der Waals surface area contributed by atoms with Crippen LogP contribution in [0.15, 0.2) is 47.1 Å². The molecule has 0 aliphatic heterocycles. The van der Waals surface area contributed by atoms with Gasteiger partial charge in [-0.05, 0) is 30.4 Å². The van der Waals surface area contributed by atoms with Crippen LogP contribution >= 0.6 is 0 Å². The highest BCUT2D eigenvalue weighted by Crippen LogP contribution is 2.29. The van der Waals surface area contributed by atoms with Crippen molar-refractivity contribution in [1.82, 2.24) is 0 Å². The maximum Gasteiger partial charge on any atom is -0.00638 e. The van der Waals surface area contributed by atoms with E-state index < -0.39 is 0 Å². The fourth-order valence-corrected chi connectivity index (χ4v) is 1.75. The lowest BCUT2D eigenvalue weighted by atomic mass is 9.87. The summed E-state index contributed by atoms with van der Waals surface area (Å²) < 4.78 is 0. The Morgan fingerprint density at radius 1 is 1.33 bits per heavy atom. The SMILES string of the molecule is CC1=CC=C2C=CC(C)C=C2C1. The molecule has 0 bridgehead atoms. The Morgan fingerprint density at radius 3 is 3.00 bits per heavy atom. The van der Waals surface area contributed by atoms with Gasteiger partial charge in [0.1, 0.15) is 0 Å². The number of rotatable bonds is 0. The molecule has 0 saturated carbocycles. The van der Waals surface area contributed by atoms with E-state index in [0.29, 0.717) is 5.92 Å². The highest BCUT2D eigenvalue weighted by molar-refractivity contribution is 5.50. The van der Waals surface area contributed by atoms with Crippen LogP contribution in [0.1, 0.15) is 20.3 Å². The van der Waals surface area contributed by atoms with E-state index in [4.69, 9.17) is 0 Å². The average Bonchev–Trinajstić information content (AvgIpc) is 2.03. The summed E-state index contributed by atoms with van der Waals surface area (Å²) in [6, 6.07) is 0. The van der Waals surface area contributed by atoms with Crippen molar-refractivity contribution in [2.45, 2.75) is 20.3 Å². The zero-order valence-corrected chi connectivity index (χ0v) is 7.67. The molecule has 2 aliphatic carbocycles. The molecule has 0 radical (unpaired) electrons.